The Bertz CT molecular complexity index is 2720. The number of anilines is 4. The monoisotopic (exact) mass is 870 g/mol. The van der Waals surface area contributed by atoms with E-state index >= 15 is 0 Å². The Kier molecular flexibility index (Phi) is 11.9. The fourth-order valence-corrected chi connectivity index (χ4v) is 9.19. The highest BCUT2D eigenvalue weighted by molar-refractivity contribution is 7.99. The quantitative estimate of drug-likeness (QED) is 0.111. The molecule has 0 radical (unpaired) electrons. The van der Waals surface area contributed by atoms with Crippen molar-refractivity contribution in [2.45, 2.75) is 25.7 Å². The third kappa shape index (κ3) is 8.10. The zero-order chi connectivity index (χ0) is 40.5. The van der Waals surface area contributed by atoms with Crippen LogP contribution >= 0.6 is 58.2 Å². The molecule has 0 atom stereocenters. The second-order valence-corrected chi connectivity index (χ2v) is 16.7. The maximum absolute atomic E-state index is 13.6. The summed E-state index contributed by atoms with van der Waals surface area (Å²) in [4.78, 5) is 35.7. The summed E-state index contributed by atoms with van der Waals surface area (Å²) in [6, 6.07) is 16.7. The topological polar surface area (TPSA) is 134 Å². The summed E-state index contributed by atoms with van der Waals surface area (Å²) in [6.07, 6.45) is 10.8. The van der Waals surface area contributed by atoms with E-state index in [1.54, 1.807) is 48.7 Å². The number of rotatable bonds is 9. The number of hydrogen-bond donors (Lipinski definition) is 4. The molecule has 0 bridgehead atoms. The van der Waals surface area contributed by atoms with Gasteiger partial charge in [0.1, 0.15) is 0 Å². The number of benzene rings is 4. The number of nitrogens with zero attached hydrogens (tertiary/aromatic N) is 2. The lowest BCUT2D eigenvalue weighted by molar-refractivity contribution is 0.0687. The first kappa shape index (κ1) is 40.0. The molecule has 294 valence electrons. The van der Waals surface area contributed by atoms with Crippen LogP contribution in [0, 0.1) is 0 Å². The third-order valence-corrected chi connectivity index (χ3v) is 12.2. The number of aromatic carboxylic acids is 2. The maximum atomic E-state index is 13.6. The zero-order valence-electron chi connectivity index (χ0n) is 30.7. The van der Waals surface area contributed by atoms with Gasteiger partial charge in [-0.05, 0) is 109 Å². The van der Waals surface area contributed by atoms with E-state index in [0.717, 1.165) is 46.4 Å². The largest absolute Gasteiger partial charge is 0.478 e. The number of fused-ring (bicyclic) bond motifs is 2. The van der Waals surface area contributed by atoms with Gasteiger partial charge in [-0.15, -0.1) is 0 Å². The predicted octanol–water partition coefficient (Wildman–Crippen LogP) is 13.1. The van der Waals surface area contributed by atoms with Crippen molar-refractivity contribution in [3.63, 3.8) is 0 Å². The number of nitrogens with one attached hydrogen (secondary N) is 2. The maximum Gasteiger partial charge on any atom is 0.338 e. The van der Waals surface area contributed by atoms with Crippen LogP contribution in [0.25, 0.3) is 44.1 Å². The molecule has 4 N–H and O–H groups in total. The normalized spacial score (nSPS) is 14.7. The fraction of sp³-hybridized carbons (Fsp3) is 0.182. The lowest BCUT2D eigenvalue weighted by Crippen LogP contribution is -2.09. The number of hydrogen-bond acceptors (Lipinski definition) is 8. The summed E-state index contributed by atoms with van der Waals surface area (Å²) >= 11 is 28.6. The molecule has 0 fully saturated rings. The van der Waals surface area contributed by atoms with Gasteiger partial charge in [0, 0.05) is 65.5 Å². The second-order valence-electron chi connectivity index (χ2n) is 13.8. The molecule has 0 amide bonds. The van der Waals surface area contributed by atoms with E-state index in [1.807, 2.05) is 30.1 Å². The van der Waals surface area contributed by atoms with Gasteiger partial charge in [0.05, 0.1) is 58.1 Å². The van der Waals surface area contributed by atoms with Crippen LogP contribution in [0.1, 0.15) is 57.5 Å². The van der Waals surface area contributed by atoms with Crippen molar-refractivity contribution in [2.75, 3.05) is 35.4 Å². The summed E-state index contributed by atoms with van der Waals surface area (Å²) in [7, 11) is 0. The van der Waals surface area contributed by atoms with Crippen LogP contribution in [0.3, 0.4) is 0 Å². The molecule has 2 aliphatic heterocycles. The highest BCUT2D eigenvalue weighted by Crippen LogP contribution is 2.46. The lowest BCUT2D eigenvalue weighted by atomic mass is 9.92. The van der Waals surface area contributed by atoms with Gasteiger partial charge in [-0.25, -0.2) is 9.59 Å². The van der Waals surface area contributed by atoms with Crippen molar-refractivity contribution in [2.24, 2.45) is 0 Å². The molecule has 14 heteroatoms. The molecule has 0 saturated heterocycles. The summed E-state index contributed by atoms with van der Waals surface area (Å²) in [5.41, 5.74) is 6.86. The molecule has 6 aromatic rings. The van der Waals surface area contributed by atoms with E-state index in [4.69, 9.17) is 61.1 Å². The van der Waals surface area contributed by atoms with Gasteiger partial charge < -0.3 is 25.6 Å². The zero-order valence-corrected chi connectivity index (χ0v) is 34.5. The molecule has 2 aromatic heterocycles. The van der Waals surface area contributed by atoms with Crippen LogP contribution < -0.4 is 10.6 Å². The minimum Gasteiger partial charge on any atom is -0.478 e. The minimum atomic E-state index is -1.23. The van der Waals surface area contributed by atoms with E-state index in [9.17, 15) is 19.8 Å². The van der Waals surface area contributed by atoms with Crippen molar-refractivity contribution >= 4 is 126 Å². The highest BCUT2D eigenvalue weighted by atomic mass is 35.5. The Labute approximate surface area is 358 Å². The lowest BCUT2D eigenvalue weighted by Gasteiger charge is -2.22. The number of halogens is 4. The van der Waals surface area contributed by atoms with Crippen molar-refractivity contribution < 1.29 is 24.5 Å². The van der Waals surface area contributed by atoms with E-state index in [-0.39, 0.29) is 43.1 Å². The standard InChI is InChI=1S/C44H34Cl4N4O5S/c45-25-5-8-35-28(17-25)41(32(21-49-35)24-4-2-15-58-16-12-24)52-37-10-7-34(48)38(39(37)44(55)56)30-19-27(47)20-31-40(30)50-22-33(23-3-1-13-57-14-11-23)42(31)51-36-9-6-26(46)18-29(36)43(53)54/h3-10,17-22H,1-2,11-16H2,(H,49,52)(H,50,51)(H,53,54)(H,55,56). The van der Waals surface area contributed by atoms with Gasteiger partial charge in [-0.2, -0.15) is 11.8 Å². The number of pyridine rings is 2. The van der Waals surface area contributed by atoms with E-state index in [1.165, 1.54) is 6.07 Å². The number of aromatic nitrogens is 2. The molecule has 8 rings (SSSR count). The molecule has 2 aliphatic rings. The smallest absolute Gasteiger partial charge is 0.338 e. The van der Waals surface area contributed by atoms with Gasteiger partial charge in [-0.3, -0.25) is 9.97 Å². The SMILES string of the molecule is O=C(O)c1cc(Cl)ccc1Nc1c(C2=CCCOCC2)cnc2c(-c3c(Cl)ccc(Nc4c(C5=CCCSCC5)cnc5ccc(Cl)cc45)c3C(=O)O)cc(Cl)cc12. The third-order valence-electron chi connectivity index (χ3n) is 10.2. The number of carboxylic acid groups (broad SMARTS) is 2. The molecule has 58 heavy (non-hydrogen) atoms. The summed E-state index contributed by atoms with van der Waals surface area (Å²) in [5, 5.41) is 30.5. The first-order valence-corrected chi connectivity index (χ1v) is 21.1. The fourth-order valence-electron chi connectivity index (χ4n) is 7.51. The van der Waals surface area contributed by atoms with Crippen LogP contribution in [-0.4, -0.2) is 56.8 Å². The molecular formula is C44H34Cl4N4O5S. The molecule has 9 nitrogen and oxygen atoms in total. The average molecular weight is 873 g/mol. The second kappa shape index (κ2) is 17.2. The average Bonchev–Trinajstić information content (AvgIpc) is 3.65. The van der Waals surface area contributed by atoms with Crippen molar-refractivity contribution in [1.29, 1.82) is 0 Å². The Balaban J connectivity index is 1.36. The van der Waals surface area contributed by atoms with Gasteiger partial charge in [0.15, 0.2) is 0 Å². The van der Waals surface area contributed by atoms with Gasteiger partial charge >= 0.3 is 11.9 Å². The van der Waals surface area contributed by atoms with Crippen LogP contribution in [0.4, 0.5) is 22.7 Å². The molecule has 4 aromatic carbocycles. The molecule has 4 heterocycles. The Hall–Kier alpha value is -4.81. The number of ether oxygens (including phenoxy) is 1. The summed E-state index contributed by atoms with van der Waals surface area (Å²) in [6.45, 7) is 1.05. The van der Waals surface area contributed by atoms with Crippen LogP contribution in [0.5, 0.6) is 0 Å². The minimum absolute atomic E-state index is 0.0403. The van der Waals surface area contributed by atoms with Crippen molar-refractivity contribution in [3.05, 3.63) is 128 Å². The van der Waals surface area contributed by atoms with Gasteiger partial charge in [0.25, 0.3) is 0 Å². The Morgan fingerprint density at radius 2 is 1.36 bits per heavy atom. The van der Waals surface area contributed by atoms with Crippen molar-refractivity contribution in [3.8, 4) is 11.1 Å². The Morgan fingerprint density at radius 3 is 2.17 bits per heavy atom. The predicted molar refractivity (Wildman–Crippen MR) is 238 cm³/mol. The Morgan fingerprint density at radius 1 is 0.672 bits per heavy atom. The van der Waals surface area contributed by atoms with Gasteiger partial charge in [0.2, 0.25) is 0 Å². The summed E-state index contributed by atoms with van der Waals surface area (Å²) < 4.78 is 5.73. The summed E-state index contributed by atoms with van der Waals surface area (Å²) in [5.74, 6) is -0.454. The van der Waals surface area contributed by atoms with E-state index < -0.39 is 11.9 Å². The van der Waals surface area contributed by atoms with Gasteiger partial charge in [-0.1, -0.05) is 58.6 Å². The molecule has 0 unspecified atom stereocenters. The molecule has 0 aliphatic carbocycles. The number of thioether (sulfide) groups is 1. The van der Waals surface area contributed by atoms with Crippen LogP contribution in [0.2, 0.25) is 20.1 Å². The molecule has 0 spiro atoms. The number of allylic oxidation sites excluding steroid dienone is 2. The first-order chi connectivity index (χ1) is 28.1. The number of carboxylic acids is 2. The van der Waals surface area contributed by atoms with E-state index in [0.29, 0.717) is 70.0 Å². The molecular weight excluding hydrogens is 838 g/mol. The first-order valence-electron chi connectivity index (χ1n) is 18.4. The number of carbonyl (C=O) groups is 2. The van der Waals surface area contributed by atoms with E-state index in [2.05, 4.69) is 22.8 Å². The van der Waals surface area contributed by atoms with Crippen molar-refractivity contribution in [1.82, 2.24) is 9.97 Å². The molecule has 0 saturated carbocycles. The van der Waals surface area contributed by atoms with Crippen LogP contribution in [0.15, 0.2) is 85.2 Å². The highest BCUT2D eigenvalue weighted by Gasteiger charge is 2.27. The van der Waals surface area contributed by atoms with Crippen LogP contribution in [-0.2, 0) is 4.74 Å².